The summed E-state index contributed by atoms with van der Waals surface area (Å²) in [6.07, 6.45) is 27.2. The molecule has 2 N–H and O–H groups in total. The molecule has 0 bridgehead atoms. The molecule has 0 heterocycles. The number of allylic oxidation sites excluding steroid dienone is 2. The standard InChI is InChI=1S/C22H43NO2/c1-2-3-4-5-6-7-8-9-10-11-12-13-14-15-16-17-18-19-20-21-22(24)23-25/h9-10H,2-8,11-21,23H2,1H3/b10-9-. The fourth-order valence-electron chi connectivity index (χ4n) is 3.14. The summed E-state index contributed by atoms with van der Waals surface area (Å²) >= 11 is 0. The molecule has 0 aromatic heterocycles. The maximum atomic E-state index is 10.8. The van der Waals surface area contributed by atoms with Gasteiger partial charge in [-0.25, -0.2) is 4.79 Å². The number of primary amides is 1. The fraction of sp³-hybridized carbons (Fsp3) is 0.864. The molecule has 148 valence electrons. The van der Waals surface area contributed by atoms with Crippen molar-refractivity contribution >= 4 is 5.91 Å². The number of carbonyl (C=O) groups excluding carboxylic acids is 1. The van der Waals surface area contributed by atoms with Crippen molar-refractivity contribution in [2.45, 2.75) is 122 Å². The van der Waals surface area contributed by atoms with Crippen molar-refractivity contribution in [1.82, 2.24) is 0 Å². The first-order chi connectivity index (χ1) is 12.3. The SMILES string of the molecule is CCCCCCCC/C=C\CCCCCCCCCCCC(=O)[NH2+][O-]. The maximum absolute atomic E-state index is 10.8. The number of hydroxylamine groups is 1. The average molecular weight is 354 g/mol. The predicted molar refractivity (Wildman–Crippen MR) is 108 cm³/mol. The largest absolute Gasteiger partial charge is 0.628 e. The normalized spacial score (nSPS) is 11.4. The molecule has 0 atom stereocenters. The van der Waals surface area contributed by atoms with Crippen LogP contribution in [0.2, 0.25) is 0 Å². The van der Waals surface area contributed by atoms with E-state index in [2.05, 4.69) is 19.1 Å². The van der Waals surface area contributed by atoms with Gasteiger partial charge in [-0.15, -0.1) is 0 Å². The molecule has 0 saturated heterocycles. The second kappa shape index (κ2) is 21.4. The van der Waals surface area contributed by atoms with Crippen molar-refractivity contribution in [3.8, 4) is 0 Å². The van der Waals surface area contributed by atoms with Crippen LogP contribution in [0.5, 0.6) is 0 Å². The topological polar surface area (TPSA) is 56.7 Å². The minimum atomic E-state index is -0.249. The summed E-state index contributed by atoms with van der Waals surface area (Å²) < 4.78 is 0. The van der Waals surface area contributed by atoms with Crippen LogP contribution in [0.1, 0.15) is 122 Å². The molecule has 0 aromatic rings. The molecule has 0 saturated carbocycles. The number of rotatable bonds is 19. The highest BCUT2D eigenvalue weighted by atomic mass is 16.5. The van der Waals surface area contributed by atoms with Crippen LogP contribution in [0, 0.1) is 5.21 Å². The van der Waals surface area contributed by atoms with E-state index in [0.717, 1.165) is 12.8 Å². The van der Waals surface area contributed by atoms with E-state index in [-0.39, 0.29) is 5.91 Å². The summed E-state index contributed by atoms with van der Waals surface area (Å²) in [5, 5.41) is 10.2. The van der Waals surface area contributed by atoms with Crippen LogP contribution in [0.3, 0.4) is 0 Å². The quantitative estimate of drug-likeness (QED) is 0.171. The molecule has 0 fully saturated rings. The van der Waals surface area contributed by atoms with E-state index in [9.17, 15) is 10.0 Å². The van der Waals surface area contributed by atoms with Crippen LogP contribution >= 0.6 is 0 Å². The number of amides is 1. The zero-order valence-electron chi connectivity index (χ0n) is 16.8. The minimum Gasteiger partial charge on any atom is -0.628 e. The summed E-state index contributed by atoms with van der Waals surface area (Å²) in [6.45, 7) is 2.27. The van der Waals surface area contributed by atoms with E-state index in [4.69, 9.17) is 0 Å². The Balaban J connectivity index is 3.08. The van der Waals surface area contributed by atoms with Crippen molar-refractivity contribution in [2.24, 2.45) is 0 Å². The summed E-state index contributed by atoms with van der Waals surface area (Å²) in [6, 6.07) is 0. The summed E-state index contributed by atoms with van der Waals surface area (Å²) in [5.74, 6) is -0.249. The first-order valence-electron chi connectivity index (χ1n) is 10.9. The Labute approximate surface area is 156 Å². The van der Waals surface area contributed by atoms with E-state index < -0.39 is 0 Å². The van der Waals surface area contributed by atoms with Gasteiger partial charge in [-0.05, 0) is 32.1 Å². The Morgan fingerprint density at radius 2 is 1.08 bits per heavy atom. The van der Waals surface area contributed by atoms with Crippen molar-refractivity contribution in [3.63, 3.8) is 0 Å². The van der Waals surface area contributed by atoms with Gasteiger partial charge in [-0.2, -0.15) is 0 Å². The van der Waals surface area contributed by atoms with Gasteiger partial charge in [0.15, 0.2) is 0 Å². The summed E-state index contributed by atoms with van der Waals surface area (Å²) in [7, 11) is 0. The molecule has 3 heteroatoms. The van der Waals surface area contributed by atoms with Gasteiger partial charge in [0.25, 0.3) is 0 Å². The van der Waals surface area contributed by atoms with Gasteiger partial charge in [0.2, 0.25) is 0 Å². The van der Waals surface area contributed by atoms with E-state index in [1.807, 2.05) is 0 Å². The molecule has 0 aromatic carbocycles. The van der Waals surface area contributed by atoms with Crippen molar-refractivity contribution in [1.29, 1.82) is 0 Å². The molecule has 1 amide bonds. The van der Waals surface area contributed by atoms with Crippen molar-refractivity contribution in [3.05, 3.63) is 17.4 Å². The van der Waals surface area contributed by atoms with Crippen LogP contribution in [0.4, 0.5) is 0 Å². The zero-order chi connectivity index (χ0) is 18.4. The fourth-order valence-corrected chi connectivity index (χ4v) is 3.14. The molecule has 0 aliphatic rings. The molecule has 0 unspecified atom stereocenters. The minimum absolute atomic E-state index is 0.249. The Bertz CT molecular complexity index is 302. The van der Waals surface area contributed by atoms with E-state index >= 15 is 0 Å². The van der Waals surface area contributed by atoms with Gasteiger partial charge in [-0.1, -0.05) is 96.1 Å². The molecule has 0 radical (unpaired) electrons. The Morgan fingerprint density at radius 3 is 1.52 bits per heavy atom. The van der Waals surface area contributed by atoms with E-state index in [0.29, 0.717) is 11.9 Å². The van der Waals surface area contributed by atoms with Gasteiger partial charge >= 0.3 is 5.91 Å². The Kier molecular flexibility index (Phi) is 20.8. The summed E-state index contributed by atoms with van der Waals surface area (Å²) in [4.78, 5) is 10.8. The smallest absolute Gasteiger partial charge is 0.310 e. The highest BCUT2D eigenvalue weighted by Gasteiger charge is 1.99. The van der Waals surface area contributed by atoms with Crippen molar-refractivity contribution in [2.75, 3.05) is 0 Å². The average Bonchev–Trinajstić information content (AvgIpc) is 2.63. The van der Waals surface area contributed by atoms with Crippen LogP contribution in [0.15, 0.2) is 12.2 Å². The van der Waals surface area contributed by atoms with Crippen molar-refractivity contribution < 1.29 is 10.3 Å². The maximum Gasteiger partial charge on any atom is 0.310 e. The van der Waals surface area contributed by atoms with E-state index in [1.54, 1.807) is 0 Å². The van der Waals surface area contributed by atoms with Gasteiger partial charge in [-0.3, -0.25) is 0 Å². The highest BCUT2D eigenvalue weighted by molar-refractivity contribution is 5.65. The van der Waals surface area contributed by atoms with Gasteiger partial charge in [0.05, 0.1) is 6.42 Å². The first kappa shape index (κ1) is 24.3. The molecular formula is C22H43NO2. The lowest BCUT2D eigenvalue weighted by atomic mass is 10.1. The lowest BCUT2D eigenvalue weighted by molar-refractivity contribution is -0.500. The van der Waals surface area contributed by atoms with Crippen LogP contribution in [0.25, 0.3) is 0 Å². The Hall–Kier alpha value is -0.670. The lowest BCUT2D eigenvalue weighted by Gasteiger charge is -2.02. The predicted octanol–water partition coefficient (Wildman–Crippen LogP) is 6.17. The highest BCUT2D eigenvalue weighted by Crippen LogP contribution is 2.12. The third-order valence-electron chi connectivity index (χ3n) is 4.82. The van der Waals surface area contributed by atoms with Crippen LogP contribution in [-0.4, -0.2) is 5.91 Å². The molecule has 0 aliphatic heterocycles. The molecule has 25 heavy (non-hydrogen) atoms. The molecule has 0 aliphatic carbocycles. The number of hydrogen-bond donors (Lipinski definition) is 1. The lowest BCUT2D eigenvalue weighted by Crippen LogP contribution is -2.81. The zero-order valence-corrected chi connectivity index (χ0v) is 16.8. The number of unbranched alkanes of at least 4 members (excludes halogenated alkanes) is 15. The van der Waals surface area contributed by atoms with Crippen LogP contribution < -0.4 is 5.48 Å². The van der Waals surface area contributed by atoms with Crippen LogP contribution in [-0.2, 0) is 4.79 Å². The Morgan fingerprint density at radius 1 is 0.680 bits per heavy atom. The number of quaternary nitrogens is 1. The van der Waals surface area contributed by atoms with Gasteiger partial charge < -0.3 is 10.7 Å². The molecular weight excluding hydrogens is 310 g/mol. The van der Waals surface area contributed by atoms with Gasteiger partial charge in [0, 0.05) is 0 Å². The number of nitrogens with two attached hydrogens (primary N) is 1. The second-order valence-corrected chi connectivity index (χ2v) is 7.33. The number of hydrogen-bond acceptors (Lipinski definition) is 2. The second-order valence-electron chi connectivity index (χ2n) is 7.33. The van der Waals surface area contributed by atoms with Gasteiger partial charge in [0.1, 0.15) is 0 Å². The van der Waals surface area contributed by atoms with E-state index in [1.165, 1.54) is 96.3 Å². The third-order valence-corrected chi connectivity index (χ3v) is 4.82. The molecule has 0 spiro atoms. The third kappa shape index (κ3) is 21.3. The molecule has 0 rings (SSSR count). The first-order valence-corrected chi connectivity index (χ1v) is 10.9. The monoisotopic (exact) mass is 353 g/mol. The summed E-state index contributed by atoms with van der Waals surface area (Å²) in [5.41, 5.74) is 0.448. The molecule has 3 nitrogen and oxygen atoms in total. The number of carbonyl (C=O) groups is 1.